The zero-order valence-electron chi connectivity index (χ0n) is 13.2. The van der Waals surface area contributed by atoms with Crippen LogP contribution in [0.4, 0.5) is 0 Å². The van der Waals surface area contributed by atoms with Crippen LogP contribution in [-0.2, 0) is 9.53 Å². The lowest BCUT2D eigenvalue weighted by Crippen LogP contribution is -2.47. The average molecular weight is 294 g/mol. The minimum atomic E-state index is 0.0427. The van der Waals surface area contributed by atoms with E-state index in [9.17, 15) is 4.79 Å². The molecule has 3 rings (SSSR count). The van der Waals surface area contributed by atoms with Gasteiger partial charge in [-0.25, -0.2) is 0 Å². The first kappa shape index (κ1) is 15.4. The van der Waals surface area contributed by atoms with Crippen molar-refractivity contribution in [3.05, 3.63) is 0 Å². The number of rotatable bonds is 3. The molecule has 0 bridgehead atoms. The number of nitrogens with zero attached hydrogens (tertiary/aromatic N) is 1. The third kappa shape index (κ3) is 3.85. The lowest BCUT2D eigenvalue weighted by Gasteiger charge is -2.43. The minimum Gasteiger partial charge on any atom is -0.375 e. The van der Waals surface area contributed by atoms with Crippen LogP contribution in [0.15, 0.2) is 0 Å². The van der Waals surface area contributed by atoms with Crippen molar-refractivity contribution in [3.8, 4) is 0 Å². The Bertz CT molecular complexity index is 352. The van der Waals surface area contributed by atoms with Crippen molar-refractivity contribution in [1.29, 1.82) is 0 Å². The van der Waals surface area contributed by atoms with Gasteiger partial charge < -0.3 is 10.5 Å². The molecule has 2 aliphatic heterocycles. The maximum absolute atomic E-state index is 12.6. The van der Waals surface area contributed by atoms with Crippen LogP contribution in [0, 0.1) is 5.92 Å². The van der Waals surface area contributed by atoms with E-state index in [1.165, 1.54) is 19.3 Å². The molecule has 3 fully saturated rings. The third-order valence-electron chi connectivity index (χ3n) is 5.72. The van der Waals surface area contributed by atoms with Crippen LogP contribution in [-0.4, -0.2) is 48.6 Å². The zero-order valence-corrected chi connectivity index (χ0v) is 13.2. The molecule has 4 nitrogen and oxygen atoms in total. The van der Waals surface area contributed by atoms with Crippen molar-refractivity contribution in [3.63, 3.8) is 0 Å². The van der Waals surface area contributed by atoms with Crippen molar-refractivity contribution in [2.45, 2.75) is 69.4 Å². The van der Waals surface area contributed by atoms with Gasteiger partial charge in [0.2, 0.25) is 0 Å². The molecule has 1 unspecified atom stereocenters. The van der Waals surface area contributed by atoms with Crippen LogP contribution in [0.25, 0.3) is 0 Å². The number of nitrogens with two attached hydrogens (primary N) is 1. The standard InChI is InChI=1S/C17H30N2O2/c18-15-4-9-19(10-5-15)13-16(20)14-6-11-21-17(12-14)7-2-1-3-8-17/h14-15H,1-13,18H2. The van der Waals surface area contributed by atoms with E-state index in [-0.39, 0.29) is 11.5 Å². The molecule has 0 aromatic heterocycles. The Hall–Kier alpha value is -0.450. The first-order valence-corrected chi connectivity index (χ1v) is 8.81. The van der Waals surface area contributed by atoms with Crippen LogP contribution in [0.2, 0.25) is 0 Å². The number of piperidine rings is 1. The fourth-order valence-corrected chi connectivity index (χ4v) is 4.31. The van der Waals surface area contributed by atoms with Gasteiger partial charge in [0.1, 0.15) is 5.78 Å². The molecule has 0 radical (unpaired) electrons. The van der Waals surface area contributed by atoms with Gasteiger partial charge in [-0.3, -0.25) is 9.69 Å². The Balaban J connectivity index is 1.52. The Kier molecular flexibility index (Phi) is 4.97. The number of likely N-dealkylation sites (tertiary alicyclic amines) is 1. The van der Waals surface area contributed by atoms with Gasteiger partial charge in [-0.1, -0.05) is 19.3 Å². The maximum atomic E-state index is 12.6. The molecule has 1 aliphatic carbocycles. The molecular formula is C17H30N2O2. The number of Topliss-reactive ketones (excluding diaryl/α,β-unsaturated/α-hetero) is 1. The number of carbonyl (C=O) groups is 1. The summed E-state index contributed by atoms with van der Waals surface area (Å²) < 4.78 is 6.11. The summed E-state index contributed by atoms with van der Waals surface area (Å²) >= 11 is 0. The van der Waals surface area contributed by atoms with Crippen molar-refractivity contribution >= 4 is 5.78 Å². The Morgan fingerprint density at radius 1 is 1.14 bits per heavy atom. The fourth-order valence-electron chi connectivity index (χ4n) is 4.31. The molecule has 120 valence electrons. The van der Waals surface area contributed by atoms with Gasteiger partial charge in [-0.05, 0) is 38.5 Å². The van der Waals surface area contributed by atoms with Crippen LogP contribution >= 0.6 is 0 Å². The highest BCUT2D eigenvalue weighted by atomic mass is 16.5. The molecule has 2 N–H and O–H groups in total. The normalized spacial score (nSPS) is 31.4. The van der Waals surface area contributed by atoms with Crippen molar-refractivity contribution in [2.24, 2.45) is 11.7 Å². The second-order valence-electron chi connectivity index (χ2n) is 7.36. The van der Waals surface area contributed by atoms with Gasteiger partial charge in [-0.15, -0.1) is 0 Å². The Labute approximate surface area is 128 Å². The van der Waals surface area contributed by atoms with Crippen LogP contribution in [0.3, 0.4) is 0 Å². The highest BCUT2D eigenvalue weighted by Gasteiger charge is 2.40. The molecule has 21 heavy (non-hydrogen) atoms. The second-order valence-corrected chi connectivity index (χ2v) is 7.36. The highest BCUT2D eigenvalue weighted by molar-refractivity contribution is 5.83. The van der Waals surface area contributed by atoms with Crippen LogP contribution < -0.4 is 5.73 Å². The average Bonchev–Trinajstić information content (AvgIpc) is 2.50. The number of ether oxygens (including phenoxy) is 1. The summed E-state index contributed by atoms with van der Waals surface area (Å²) in [7, 11) is 0. The predicted octanol–water partition coefficient (Wildman–Crippen LogP) is 2.11. The second kappa shape index (κ2) is 6.76. The lowest BCUT2D eigenvalue weighted by molar-refractivity contribution is -0.143. The van der Waals surface area contributed by atoms with E-state index in [4.69, 9.17) is 10.5 Å². The van der Waals surface area contributed by atoms with E-state index in [1.54, 1.807) is 0 Å². The molecule has 2 saturated heterocycles. The summed E-state index contributed by atoms with van der Waals surface area (Å²) in [5.74, 6) is 0.672. The molecule has 4 heteroatoms. The predicted molar refractivity (Wildman–Crippen MR) is 83.1 cm³/mol. The van der Waals surface area contributed by atoms with Gasteiger partial charge in [0.25, 0.3) is 0 Å². The van der Waals surface area contributed by atoms with Crippen molar-refractivity contribution in [2.75, 3.05) is 26.2 Å². The smallest absolute Gasteiger partial charge is 0.150 e. The molecule has 1 saturated carbocycles. The topological polar surface area (TPSA) is 55.6 Å². The van der Waals surface area contributed by atoms with Crippen molar-refractivity contribution < 1.29 is 9.53 Å². The van der Waals surface area contributed by atoms with E-state index in [0.717, 1.165) is 58.2 Å². The molecule has 0 aromatic rings. The monoisotopic (exact) mass is 294 g/mol. The van der Waals surface area contributed by atoms with Crippen molar-refractivity contribution in [1.82, 2.24) is 4.90 Å². The van der Waals surface area contributed by atoms with Gasteiger partial charge in [0.05, 0.1) is 12.1 Å². The quantitative estimate of drug-likeness (QED) is 0.866. The molecular weight excluding hydrogens is 264 g/mol. The molecule has 1 spiro atoms. The zero-order chi connectivity index (χ0) is 14.7. The van der Waals surface area contributed by atoms with E-state index in [0.29, 0.717) is 18.4 Å². The lowest BCUT2D eigenvalue weighted by atomic mass is 9.75. The summed E-state index contributed by atoms with van der Waals surface area (Å²) in [6.07, 6.45) is 10.2. The van der Waals surface area contributed by atoms with E-state index in [1.807, 2.05) is 0 Å². The SMILES string of the molecule is NC1CCN(CC(=O)C2CCOC3(CCCCC3)C2)CC1. The number of carbonyl (C=O) groups excluding carboxylic acids is 1. The van der Waals surface area contributed by atoms with Gasteiger partial charge in [0, 0.05) is 31.7 Å². The summed E-state index contributed by atoms with van der Waals surface area (Å²) in [4.78, 5) is 14.9. The third-order valence-corrected chi connectivity index (χ3v) is 5.72. The Morgan fingerprint density at radius 3 is 2.57 bits per heavy atom. The number of hydrogen-bond acceptors (Lipinski definition) is 4. The maximum Gasteiger partial charge on any atom is 0.150 e. The molecule has 0 amide bonds. The largest absolute Gasteiger partial charge is 0.375 e. The molecule has 0 aromatic carbocycles. The summed E-state index contributed by atoms with van der Waals surface area (Å²) in [6, 6.07) is 0.338. The van der Waals surface area contributed by atoms with Gasteiger partial charge >= 0.3 is 0 Å². The van der Waals surface area contributed by atoms with E-state index >= 15 is 0 Å². The summed E-state index contributed by atoms with van der Waals surface area (Å²) in [5, 5.41) is 0. The first-order valence-electron chi connectivity index (χ1n) is 8.81. The molecule has 3 aliphatic rings. The van der Waals surface area contributed by atoms with Crippen LogP contribution in [0.5, 0.6) is 0 Å². The van der Waals surface area contributed by atoms with Gasteiger partial charge in [-0.2, -0.15) is 0 Å². The number of ketones is 1. The van der Waals surface area contributed by atoms with E-state index < -0.39 is 0 Å². The Morgan fingerprint density at radius 2 is 1.86 bits per heavy atom. The van der Waals surface area contributed by atoms with E-state index in [2.05, 4.69) is 4.90 Å². The van der Waals surface area contributed by atoms with Gasteiger partial charge in [0.15, 0.2) is 0 Å². The highest BCUT2D eigenvalue weighted by Crippen LogP contribution is 2.40. The van der Waals surface area contributed by atoms with Crippen LogP contribution in [0.1, 0.15) is 57.8 Å². The molecule has 2 heterocycles. The molecule has 1 atom stereocenters. The first-order chi connectivity index (χ1) is 10.2. The summed E-state index contributed by atoms with van der Waals surface area (Å²) in [6.45, 7) is 3.39. The summed E-state index contributed by atoms with van der Waals surface area (Å²) in [5.41, 5.74) is 5.98. The minimum absolute atomic E-state index is 0.0427. The number of hydrogen-bond donors (Lipinski definition) is 1. The fraction of sp³-hybridized carbons (Fsp3) is 0.941.